The molecule has 0 unspecified atom stereocenters. The molecule has 0 saturated carbocycles. The second-order valence-electron chi connectivity index (χ2n) is 6.86. The van der Waals surface area contributed by atoms with E-state index >= 15 is 0 Å². The molecule has 0 aliphatic carbocycles. The van der Waals surface area contributed by atoms with Gasteiger partial charge in [-0.2, -0.15) is 0 Å². The second-order valence-corrected chi connectivity index (χ2v) is 6.86. The zero-order valence-corrected chi connectivity index (χ0v) is 16.7. The predicted molar refractivity (Wildman–Crippen MR) is 96.7 cm³/mol. The van der Waals surface area contributed by atoms with Gasteiger partial charge in [0.2, 0.25) is 0 Å². The van der Waals surface area contributed by atoms with E-state index in [9.17, 15) is 0 Å². The van der Waals surface area contributed by atoms with E-state index < -0.39 is 0 Å². The first-order chi connectivity index (χ1) is 10.6. The van der Waals surface area contributed by atoms with E-state index in [1.807, 2.05) is 0 Å². The number of hydrogen-bond acceptors (Lipinski definition) is 0. The van der Waals surface area contributed by atoms with E-state index in [1.54, 1.807) is 0 Å². The SMILES string of the molecule is C[N+](C)(C)CCCCC=C(c1ccccc1)c1ccccc1.[I-]. The normalized spacial score (nSPS) is 10.7. The molecule has 0 saturated heterocycles. The number of benzene rings is 2. The first kappa shape index (κ1) is 19.9. The van der Waals surface area contributed by atoms with Gasteiger partial charge in [-0.15, -0.1) is 0 Å². The van der Waals surface area contributed by atoms with Crippen LogP contribution in [-0.2, 0) is 0 Å². The third kappa shape index (κ3) is 7.32. The van der Waals surface area contributed by atoms with E-state index in [0.717, 1.165) is 10.9 Å². The summed E-state index contributed by atoms with van der Waals surface area (Å²) in [5.41, 5.74) is 3.96. The first-order valence-electron chi connectivity index (χ1n) is 8.18. The van der Waals surface area contributed by atoms with Crippen LogP contribution in [0.15, 0.2) is 66.7 Å². The molecule has 0 aliphatic heterocycles. The van der Waals surface area contributed by atoms with Gasteiger partial charge in [0.05, 0.1) is 27.7 Å². The average Bonchev–Trinajstić information content (AvgIpc) is 2.51. The Bertz CT molecular complexity index is 541. The molecule has 0 atom stereocenters. The Labute approximate surface area is 158 Å². The lowest BCUT2D eigenvalue weighted by Gasteiger charge is -2.23. The van der Waals surface area contributed by atoms with Crippen LogP contribution in [0.25, 0.3) is 5.57 Å². The van der Waals surface area contributed by atoms with E-state index in [-0.39, 0.29) is 24.0 Å². The van der Waals surface area contributed by atoms with Gasteiger partial charge in [0, 0.05) is 0 Å². The fourth-order valence-electron chi connectivity index (χ4n) is 2.61. The molecule has 2 rings (SSSR count). The molecule has 23 heavy (non-hydrogen) atoms. The summed E-state index contributed by atoms with van der Waals surface area (Å²) in [6.45, 7) is 1.24. The van der Waals surface area contributed by atoms with Crippen LogP contribution in [0.2, 0.25) is 0 Å². The highest BCUT2D eigenvalue weighted by atomic mass is 127. The molecule has 124 valence electrons. The van der Waals surface area contributed by atoms with Crippen molar-refractivity contribution < 1.29 is 28.5 Å². The topological polar surface area (TPSA) is 0 Å². The van der Waals surface area contributed by atoms with Crippen molar-refractivity contribution in [3.8, 4) is 0 Å². The molecule has 0 amide bonds. The maximum absolute atomic E-state index is 2.40. The molecular weight excluding hydrogens is 393 g/mol. The molecule has 2 aromatic carbocycles. The minimum absolute atomic E-state index is 0. The third-order valence-electron chi connectivity index (χ3n) is 3.80. The number of nitrogens with zero attached hydrogens (tertiary/aromatic N) is 1. The van der Waals surface area contributed by atoms with Crippen molar-refractivity contribution in [2.75, 3.05) is 27.7 Å². The largest absolute Gasteiger partial charge is 1.00 e. The standard InChI is InChI=1S/C21H28N.HI/c1-22(2,3)18-12-6-11-17-21(19-13-7-4-8-14-19)20-15-9-5-10-16-20;/h4-5,7-10,13-17H,6,11-12,18H2,1-3H3;1H/q+1;/p-1. The van der Waals surface area contributed by atoms with Gasteiger partial charge in [0.15, 0.2) is 0 Å². The van der Waals surface area contributed by atoms with Crippen molar-refractivity contribution in [1.82, 2.24) is 0 Å². The molecular formula is C21H28IN. The van der Waals surface area contributed by atoms with Crippen molar-refractivity contribution in [3.05, 3.63) is 77.9 Å². The van der Waals surface area contributed by atoms with Crippen molar-refractivity contribution in [2.24, 2.45) is 0 Å². The number of halogens is 1. The maximum atomic E-state index is 2.40. The van der Waals surface area contributed by atoms with Crippen molar-refractivity contribution >= 4 is 5.57 Å². The molecule has 2 aromatic rings. The van der Waals surface area contributed by atoms with Gasteiger partial charge >= 0.3 is 0 Å². The van der Waals surface area contributed by atoms with Gasteiger partial charge in [-0.1, -0.05) is 66.7 Å². The van der Waals surface area contributed by atoms with Gasteiger partial charge in [0.25, 0.3) is 0 Å². The van der Waals surface area contributed by atoms with Gasteiger partial charge in [0.1, 0.15) is 0 Å². The van der Waals surface area contributed by atoms with Crippen molar-refractivity contribution in [1.29, 1.82) is 0 Å². The Hall–Kier alpha value is -1.13. The predicted octanol–water partition coefficient (Wildman–Crippen LogP) is 2.00. The van der Waals surface area contributed by atoms with Crippen LogP contribution in [0, 0.1) is 0 Å². The van der Waals surface area contributed by atoms with E-state index in [2.05, 4.69) is 87.9 Å². The maximum Gasteiger partial charge on any atom is 0.0780 e. The molecule has 0 heterocycles. The van der Waals surface area contributed by atoms with Crippen LogP contribution in [0.4, 0.5) is 0 Å². The molecule has 0 spiro atoms. The smallest absolute Gasteiger partial charge is 0.0780 e. The third-order valence-corrected chi connectivity index (χ3v) is 3.80. The minimum Gasteiger partial charge on any atom is -1.00 e. The quantitative estimate of drug-likeness (QED) is 0.365. The Morgan fingerprint density at radius 3 is 1.70 bits per heavy atom. The van der Waals surface area contributed by atoms with Crippen molar-refractivity contribution in [2.45, 2.75) is 19.3 Å². The lowest BCUT2D eigenvalue weighted by molar-refractivity contribution is -0.870. The molecule has 0 bridgehead atoms. The summed E-state index contributed by atoms with van der Waals surface area (Å²) in [6, 6.07) is 21.4. The Morgan fingerprint density at radius 1 is 0.783 bits per heavy atom. The molecule has 0 N–H and O–H groups in total. The molecule has 1 nitrogen and oxygen atoms in total. The van der Waals surface area contributed by atoms with Gasteiger partial charge in [-0.25, -0.2) is 0 Å². The van der Waals surface area contributed by atoms with Gasteiger partial charge in [-0.05, 0) is 36.0 Å². The zero-order chi connectivity index (χ0) is 15.8. The van der Waals surface area contributed by atoms with Crippen LogP contribution in [-0.4, -0.2) is 32.2 Å². The number of rotatable bonds is 7. The van der Waals surface area contributed by atoms with Crippen LogP contribution >= 0.6 is 0 Å². The number of hydrogen-bond donors (Lipinski definition) is 0. The fourth-order valence-corrected chi connectivity index (χ4v) is 2.61. The lowest BCUT2D eigenvalue weighted by atomic mass is 9.96. The van der Waals surface area contributed by atoms with Crippen LogP contribution in [0.1, 0.15) is 30.4 Å². The molecule has 0 aromatic heterocycles. The average molecular weight is 421 g/mol. The summed E-state index contributed by atoms with van der Waals surface area (Å²) in [7, 11) is 6.78. The zero-order valence-electron chi connectivity index (χ0n) is 14.5. The van der Waals surface area contributed by atoms with Gasteiger partial charge in [-0.3, -0.25) is 0 Å². The number of quaternary nitrogens is 1. The highest BCUT2D eigenvalue weighted by molar-refractivity contribution is 5.79. The van der Waals surface area contributed by atoms with Crippen molar-refractivity contribution in [3.63, 3.8) is 0 Å². The van der Waals surface area contributed by atoms with Gasteiger partial charge < -0.3 is 28.5 Å². The number of allylic oxidation sites excluding steroid dienone is 1. The highest BCUT2D eigenvalue weighted by Gasteiger charge is 2.06. The molecule has 0 radical (unpaired) electrons. The first-order valence-corrected chi connectivity index (χ1v) is 8.18. The Balaban J connectivity index is 0.00000264. The van der Waals surface area contributed by atoms with E-state index in [4.69, 9.17) is 0 Å². The summed E-state index contributed by atoms with van der Waals surface area (Å²) in [6.07, 6.45) is 6.06. The Kier molecular flexibility index (Phi) is 8.56. The van der Waals surface area contributed by atoms with Crippen LogP contribution in [0.3, 0.4) is 0 Å². The summed E-state index contributed by atoms with van der Waals surface area (Å²) in [4.78, 5) is 0. The Morgan fingerprint density at radius 2 is 1.26 bits per heavy atom. The number of unbranched alkanes of at least 4 members (excludes halogenated alkanes) is 2. The highest BCUT2D eigenvalue weighted by Crippen LogP contribution is 2.24. The monoisotopic (exact) mass is 421 g/mol. The summed E-state index contributed by atoms with van der Waals surface area (Å²) in [5.74, 6) is 0. The van der Waals surface area contributed by atoms with E-state index in [1.165, 1.54) is 36.1 Å². The van der Waals surface area contributed by atoms with E-state index in [0.29, 0.717) is 0 Å². The lowest BCUT2D eigenvalue weighted by Crippen LogP contribution is -3.00. The fraction of sp³-hybridized carbons (Fsp3) is 0.333. The van der Waals surface area contributed by atoms with Crippen LogP contribution in [0.5, 0.6) is 0 Å². The molecule has 2 heteroatoms. The molecule has 0 aliphatic rings. The summed E-state index contributed by atoms with van der Waals surface area (Å²) >= 11 is 0. The summed E-state index contributed by atoms with van der Waals surface area (Å²) in [5, 5.41) is 0. The summed E-state index contributed by atoms with van der Waals surface area (Å²) < 4.78 is 1.05. The minimum atomic E-state index is 0. The molecule has 0 fully saturated rings. The second kappa shape index (κ2) is 9.89. The van der Waals surface area contributed by atoms with Crippen LogP contribution < -0.4 is 24.0 Å².